The van der Waals surface area contributed by atoms with Crippen LogP contribution < -0.4 is 15.4 Å². The minimum atomic E-state index is -0.369. The van der Waals surface area contributed by atoms with E-state index in [2.05, 4.69) is 10.6 Å². The van der Waals surface area contributed by atoms with Gasteiger partial charge in [0, 0.05) is 16.8 Å². The number of carbonyl (C=O) groups excluding carboxylic acids is 2. The Balaban J connectivity index is 1.54. The Labute approximate surface area is 169 Å². The summed E-state index contributed by atoms with van der Waals surface area (Å²) in [6, 6.07) is 16.1. The smallest absolute Gasteiger partial charge is 0.264 e. The molecular weight excluding hydrogens is 372 g/mol. The van der Waals surface area contributed by atoms with E-state index in [9.17, 15) is 9.59 Å². The van der Waals surface area contributed by atoms with E-state index < -0.39 is 0 Å². The fraction of sp³-hybridized carbons (Fsp3) is 0.136. The third-order valence-electron chi connectivity index (χ3n) is 4.01. The largest absolute Gasteiger partial charge is 0.484 e. The number of allylic oxidation sites excluding steroid dienone is 4. The first-order valence-electron chi connectivity index (χ1n) is 8.92. The molecule has 0 aromatic heterocycles. The number of thiocarbonyl (C=S) groups is 1. The van der Waals surface area contributed by atoms with Crippen molar-refractivity contribution < 1.29 is 14.3 Å². The molecule has 2 aromatic rings. The number of ketones is 1. The van der Waals surface area contributed by atoms with E-state index in [1.807, 2.05) is 36.4 Å². The predicted octanol–water partition coefficient (Wildman–Crippen LogP) is 4.04. The maximum Gasteiger partial charge on any atom is 0.264 e. The van der Waals surface area contributed by atoms with Gasteiger partial charge in [-0.15, -0.1) is 0 Å². The van der Waals surface area contributed by atoms with Crippen molar-refractivity contribution in [2.24, 2.45) is 0 Å². The molecule has 28 heavy (non-hydrogen) atoms. The van der Waals surface area contributed by atoms with Crippen LogP contribution in [0.3, 0.4) is 0 Å². The second kappa shape index (κ2) is 9.62. The van der Waals surface area contributed by atoms with Crippen LogP contribution >= 0.6 is 12.2 Å². The Morgan fingerprint density at radius 2 is 1.86 bits per heavy atom. The fourth-order valence-electron chi connectivity index (χ4n) is 2.68. The zero-order valence-corrected chi connectivity index (χ0v) is 16.0. The first-order chi connectivity index (χ1) is 13.6. The Kier molecular flexibility index (Phi) is 6.70. The quantitative estimate of drug-likeness (QED) is 0.574. The van der Waals surface area contributed by atoms with Gasteiger partial charge in [-0.3, -0.25) is 14.9 Å². The van der Waals surface area contributed by atoms with Gasteiger partial charge in [-0.05, 0) is 49.3 Å². The number of nitrogens with one attached hydrogen (secondary N) is 2. The molecule has 2 aromatic carbocycles. The molecule has 0 aliphatic heterocycles. The zero-order valence-electron chi connectivity index (χ0n) is 15.2. The van der Waals surface area contributed by atoms with Crippen molar-refractivity contribution in [2.75, 3.05) is 11.9 Å². The fourth-order valence-corrected chi connectivity index (χ4v) is 2.91. The van der Waals surface area contributed by atoms with Gasteiger partial charge in [0.15, 0.2) is 17.5 Å². The van der Waals surface area contributed by atoms with Gasteiger partial charge < -0.3 is 10.1 Å². The van der Waals surface area contributed by atoms with Crippen LogP contribution in [0.15, 0.2) is 78.4 Å². The number of carbonyl (C=O) groups is 2. The number of para-hydroxylation sites is 1. The maximum atomic E-state index is 12.6. The van der Waals surface area contributed by atoms with Gasteiger partial charge in [0.25, 0.3) is 5.91 Å². The highest BCUT2D eigenvalue weighted by atomic mass is 32.1. The summed E-state index contributed by atoms with van der Waals surface area (Å²) in [6.07, 6.45) is 7.62. The van der Waals surface area contributed by atoms with E-state index in [1.165, 1.54) is 0 Å². The van der Waals surface area contributed by atoms with E-state index in [-0.39, 0.29) is 23.4 Å². The molecule has 0 spiro atoms. The van der Waals surface area contributed by atoms with E-state index >= 15 is 0 Å². The summed E-state index contributed by atoms with van der Waals surface area (Å²) in [4.78, 5) is 24.5. The number of Topliss-reactive ketones (excluding diaryl/α,β-unsaturated/α-hetero) is 1. The molecule has 0 heterocycles. The first kappa shape index (κ1) is 19.5. The van der Waals surface area contributed by atoms with Crippen LogP contribution in [0, 0.1) is 0 Å². The van der Waals surface area contributed by atoms with E-state index in [0.717, 1.165) is 12.8 Å². The monoisotopic (exact) mass is 392 g/mol. The Morgan fingerprint density at radius 1 is 1.04 bits per heavy atom. The third kappa shape index (κ3) is 5.62. The molecule has 0 radical (unpaired) electrons. The molecule has 6 heteroatoms. The van der Waals surface area contributed by atoms with Gasteiger partial charge in [0.1, 0.15) is 5.75 Å². The van der Waals surface area contributed by atoms with Gasteiger partial charge in [-0.2, -0.15) is 0 Å². The standard InChI is InChI=1S/C22H20N2O3S/c25-20(15-27-19-12-5-2-6-13-19)24-22(28)23-18-11-7-10-17(14-18)21(26)16-8-3-1-4-9-16/h2-3,5-14H,1,4,15H2,(H2,23,24,25,28). The molecule has 0 saturated heterocycles. The van der Waals surface area contributed by atoms with Crippen molar-refractivity contribution in [1.82, 2.24) is 5.32 Å². The topological polar surface area (TPSA) is 67.4 Å². The average Bonchev–Trinajstić information content (AvgIpc) is 2.73. The summed E-state index contributed by atoms with van der Waals surface area (Å²) in [7, 11) is 0. The molecule has 1 aliphatic carbocycles. The molecule has 5 nitrogen and oxygen atoms in total. The van der Waals surface area contributed by atoms with E-state index in [1.54, 1.807) is 36.4 Å². The Hall–Kier alpha value is -3.25. The number of rotatable bonds is 6. The average molecular weight is 392 g/mol. The minimum absolute atomic E-state index is 0.0363. The van der Waals surface area contributed by atoms with Crippen molar-refractivity contribution in [2.45, 2.75) is 12.8 Å². The number of benzene rings is 2. The Morgan fingerprint density at radius 3 is 2.61 bits per heavy atom. The SMILES string of the molecule is O=C(COc1ccccc1)NC(=S)Nc1cccc(C(=O)C2=CCCC=C2)c1. The van der Waals surface area contributed by atoms with Crippen molar-refractivity contribution >= 4 is 34.7 Å². The van der Waals surface area contributed by atoms with Crippen molar-refractivity contribution in [3.63, 3.8) is 0 Å². The van der Waals surface area contributed by atoms with Crippen molar-refractivity contribution in [3.8, 4) is 5.75 Å². The minimum Gasteiger partial charge on any atom is -0.484 e. The molecule has 142 valence electrons. The second-order valence-corrected chi connectivity index (χ2v) is 6.56. The number of hydrogen-bond donors (Lipinski definition) is 2. The number of anilines is 1. The lowest BCUT2D eigenvalue weighted by atomic mass is 9.98. The van der Waals surface area contributed by atoms with E-state index in [4.69, 9.17) is 17.0 Å². The highest BCUT2D eigenvalue weighted by Gasteiger charge is 2.12. The normalized spacial score (nSPS) is 12.6. The maximum absolute atomic E-state index is 12.6. The van der Waals surface area contributed by atoms with Gasteiger partial charge >= 0.3 is 0 Å². The highest BCUT2D eigenvalue weighted by Crippen LogP contribution is 2.18. The summed E-state index contributed by atoms with van der Waals surface area (Å²) in [5.41, 5.74) is 1.88. The van der Waals surface area contributed by atoms with Crippen LogP contribution in [0.1, 0.15) is 23.2 Å². The summed E-state index contributed by atoms with van der Waals surface area (Å²) in [5, 5.41) is 5.62. The predicted molar refractivity (Wildman–Crippen MR) is 114 cm³/mol. The molecule has 0 saturated carbocycles. The van der Waals surface area contributed by atoms with Crippen molar-refractivity contribution in [1.29, 1.82) is 0 Å². The number of ether oxygens (including phenoxy) is 1. The van der Waals surface area contributed by atoms with Gasteiger partial charge in [0.05, 0.1) is 0 Å². The molecule has 3 rings (SSSR count). The summed E-state index contributed by atoms with van der Waals surface area (Å²) >= 11 is 5.17. The second-order valence-electron chi connectivity index (χ2n) is 6.15. The van der Waals surface area contributed by atoms with Crippen LogP contribution in [-0.4, -0.2) is 23.4 Å². The van der Waals surface area contributed by atoms with Gasteiger partial charge in [-0.25, -0.2) is 0 Å². The lowest BCUT2D eigenvalue weighted by Crippen LogP contribution is -2.37. The summed E-state index contributed by atoms with van der Waals surface area (Å²) in [5.74, 6) is 0.200. The van der Waals surface area contributed by atoms with Crippen LogP contribution in [0.4, 0.5) is 5.69 Å². The van der Waals surface area contributed by atoms with Crippen molar-refractivity contribution in [3.05, 3.63) is 84.0 Å². The zero-order chi connectivity index (χ0) is 19.8. The van der Waals surface area contributed by atoms with Crippen LogP contribution in [-0.2, 0) is 4.79 Å². The number of amides is 1. The van der Waals surface area contributed by atoms with Gasteiger partial charge in [0.2, 0.25) is 0 Å². The molecule has 0 atom stereocenters. The molecule has 0 fully saturated rings. The van der Waals surface area contributed by atoms with Crippen LogP contribution in [0.25, 0.3) is 0 Å². The number of hydrogen-bond acceptors (Lipinski definition) is 4. The molecule has 0 bridgehead atoms. The molecule has 2 N–H and O–H groups in total. The molecule has 1 aliphatic rings. The van der Waals surface area contributed by atoms with Crippen LogP contribution in [0.5, 0.6) is 5.75 Å². The highest BCUT2D eigenvalue weighted by molar-refractivity contribution is 7.80. The Bertz CT molecular complexity index is 936. The van der Waals surface area contributed by atoms with Crippen LogP contribution in [0.2, 0.25) is 0 Å². The molecule has 1 amide bonds. The first-order valence-corrected chi connectivity index (χ1v) is 9.33. The summed E-state index contributed by atoms with van der Waals surface area (Å²) < 4.78 is 5.38. The van der Waals surface area contributed by atoms with E-state index in [0.29, 0.717) is 22.6 Å². The summed E-state index contributed by atoms with van der Waals surface area (Å²) in [6.45, 7) is -0.148. The third-order valence-corrected chi connectivity index (χ3v) is 4.21. The lowest BCUT2D eigenvalue weighted by Gasteiger charge is -2.12. The molecular formula is C22H20N2O3S. The lowest BCUT2D eigenvalue weighted by molar-refractivity contribution is -0.121. The van der Waals surface area contributed by atoms with Gasteiger partial charge in [-0.1, -0.05) is 48.6 Å². The molecule has 0 unspecified atom stereocenters.